The summed E-state index contributed by atoms with van der Waals surface area (Å²) < 4.78 is 11.7. The van der Waals surface area contributed by atoms with E-state index >= 15 is 0 Å². The van der Waals surface area contributed by atoms with Crippen molar-refractivity contribution < 1.29 is 9.47 Å². The van der Waals surface area contributed by atoms with Gasteiger partial charge in [0.05, 0.1) is 13.2 Å². The molecule has 2 aliphatic heterocycles. The summed E-state index contributed by atoms with van der Waals surface area (Å²) in [6, 6.07) is 6.18. The Bertz CT molecular complexity index is 534. The lowest BCUT2D eigenvalue weighted by Gasteiger charge is -2.52. The van der Waals surface area contributed by atoms with Crippen molar-refractivity contribution in [2.24, 2.45) is 0 Å². The summed E-state index contributed by atoms with van der Waals surface area (Å²) in [7, 11) is 1.67. The summed E-state index contributed by atoms with van der Waals surface area (Å²) in [6.45, 7) is 4.99. The van der Waals surface area contributed by atoms with E-state index in [4.69, 9.17) is 21.7 Å². The molecule has 0 amide bonds. The molecule has 2 heterocycles. The maximum atomic E-state index is 6.26. The number of nitrogens with one attached hydrogen (secondary N) is 1. The Morgan fingerprint density at radius 3 is 3.05 bits per heavy atom. The van der Waals surface area contributed by atoms with Crippen LogP contribution in [-0.2, 0) is 0 Å². The maximum absolute atomic E-state index is 6.26. The summed E-state index contributed by atoms with van der Waals surface area (Å²) in [5.74, 6) is 1.61. The van der Waals surface area contributed by atoms with E-state index in [0.29, 0.717) is 0 Å². The van der Waals surface area contributed by atoms with Crippen LogP contribution in [-0.4, -0.2) is 29.4 Å². The van der Waals surface area contributed by atoms with Gasteiger partial charge < -0.3 is 19.7 Å². The van der Waals surface area contributed by atoms with Gasteiger partial charge in [-0.1, -0.05) is 12.1 Å². The largest absolute Gasteiger partial charge is 0.493 e. The molecule has 0 saturated carbocycles. The molecule has 0 radical (unpaired) electrons. The third kappa shape index (κ3) is 1.75. The molecule has 1 saturated heterocycles. The number of ether oxygens (including phenoxy) is 2. The summed E-state index contributed by atoms with van der Waals surface area (Å²) in [5, 5.41) is 4.16. The van der Waals surface area contributed by atoms with Crippen molar-refractivity contribution in [2.75, 3.05) is 13.7 Å². The van der Waals surface area contributed by atoms with Gasteiger partial charge in [0, 0.05) is 18.5 Å². The molecule has 5 heteroatoms. The Hall–Kier alpha value is -1.49. The molecule has 2 bridgehead atoms. The second-order valence-corrected chi connectivity index (χ2v) is 5.49. The van der Waals surface area contributed by atoms with E-state index in [9.17, 15) is 0 Å². The van der Waals surface area contributed by atoms with Crippen LogP contribution in [0.25, 0.3) is 0 Å². The van der Waals surface area contributed by atoms with Gasteiger partial charge in [0.1, 0.15) is 0 Å². The molecule has 0 spiro atoms. The van der Waals surface area contributed by atoms with Gasteiger partial charge in [0.25, 0.3) is 0 Å². The molecule has 1 fully saturated rings. The Morgan fingerprint density at radius 2 is 2.37 bits per heavy atom. The fraction of sp³-hybridized carbons (Fsp3) is 0.500. The molecule has 2 aliphatic rings. The molecule has 3 rings (SSSR count). The number of thiocarbonyl (C=S) groups is 1. The van der Waals surface area contributed by atoms with Gasteiger partial charge in [-0.05, 0) is 32.1 Å². The zero-order valence-electron chi connectivity index (χ0n) is 11.4. The Kier molecular flexibility index (Phi) is 2.82. The fourth-order valence-corrected chi connectivity index (χ4v) is 3.51. The lowest BCUT2D eigenvalue weighted by atomic mass is 9.90. The Balaban J connectivity index is 2.11. The van der Waals surface area contributed by atoms with E-state index in [1.54, 1.807) is 7.11 Å². The Morgan fingerprint density at radius 1 is 1.58 bits per heavy atom. The third-order valence-corrected chi connectivity index (χ3v) is 4.28. The van der Waals surface area contributed by atoms with Crippen LogP contribution in [0, 0.1) is 0 Å². The van der Waals surface area contributed by atoms with Gasteiger partial charge >= 0.3 is 0 Å². The minimum atomic E-state index is -0.399. The molecule has 0 aliphatic carbocycles. The van der Waals surface area contributed by atoms with Crippen molar-refractivity contribution in [1.29, 1.82) is 0 Å². The molecular formula is C14H18N2O2S. The highest BCUT2D eigenvalue weighted by Gasteiger charge is 2.47. The summed E-state index contributed by atoms with van der Waals surface area (Å²) >= 11 is 5.45. The van der Waals surface area contributed by atoms with Crippen molar-refractivity contribution in [2.45, 2.75) is 32.0 Å². The highest BCUT2D eigenvalue weighted by molar-refractivity contribution is 7.80. The first-order chi connectivity index (χ1) is 9.09. The van der Waals surface area contributed by atoms with Crippen molar-refractivity contribution in [1.82, 2.24) is 10.2 Å². The van der Waals surface area contributed by atoms with Crippen molar-refractivity contribution >= 4 is 17.3 Å². The zero-order valence-corrected chi connectivity index (χ0v) is 12.2. The fourth-order valence-electron chi connectivity index (χ4n) is 3.04. The van der Waals surface area contributed by atoms with E-state index in [-0.39, 0.29) is 6.04 Å². The summed E-state index contributed by atoms with van der Waals surface area (Å²) in [6.07, 6.45) is 0.876. The highest BCUT2D eigenvalue weighted by atomic mass is 32.1. The highest BCUT2D eigenvalue weighted by Crippen LogP contribution is 2.47. The minimum absolute atomic E-state index is 0.194. The van der Waals surface area contributed by atoms with E-state index in [1.165, 1.54) is 0 Å². The van der Waals surface area contributed by atoms with Crippen LogP contribution in [0.3, 0.4) is 0 Å². The van der Waals surface area contributed by atoms with Crippen LogP contribution < -0.4 is 14.8 Å². The predicted molar refractivity (Wildman–Crippen MR) is 77.5 cm³/mol. The standard InChI is InChI=1S/C14H18N2O2S/c1-4-16-13(19)15-10-8-14(16,2)18-12-9(10)6-5-7-11(12)17-3/h5-7,10H,4,8H2,1-3H3,(H,15,19)/t10-,14+/m0/s1. The number of hydrogen-bond acceptors (Lipinski definition) is 3. The number of benzene rings is 1. The van der Waals surface area contributed by atoms with Crippen molar-refractivity contribution in [3.05, 3.63) is 23.8 Å². The third-order valence-electron chi connectivity index (χ3n) is 3.94. The molecule has 1 aromatic carbocycles. The van der Waals surface area contributed by atoms with Gasteiger partial charge in [-0.2, -0.15) is 0 Å². The van der Waals surface area contributed by atoms with Crippen LogP contribution in [0.2, 0.25) is 0 Å². The monoisotopic (exact) mass is 278 g/mol. The zero-order chi connectivity index (χ0) is 13.6. The first kappa shape index (κ1) is 12.5. The number of methoxy groups -OCH3 is 1. The molecular weight excluding hydrogens is 260 g/mol. The smallest absolute Gasteiger partial charge is 0.184 e. The van der Waals surface area contributed by atoms with Gasteiger partial charge in [0.15, 0.2) is 22.3 Å². The lowest BCUT2D eigenvalue weighted by Crippen LogP contribution is -2.64. The Labute approximate surface area is 118 Å². The lowest BCUT2D eigenvalue weighted by molar-refractivity contribution is -0.0673. The van der Waals surface area contributed by atoms with Crippen LogP contribution >= 0.6 is 12.2 Å². The molecule has 19 heavy (non-hydrogen) atoms. The van der Waals surface area contributed by atoms with Crippen molar-refractivity contribution in [3.63, 3.8) is 0 Å². The van der Waals surface area contributed by atoms with Gasteiger partial charge in [-0.15, -0.1) is 0 Å². The number of para-hydroxylation sites is 1. The van der Waals surface area contributed by atoms with Crippen molar-refractivity contribution in [3.8, 4) is 11.5 Å². The second-order valence-electron chi connectivity index (χ2n) is 5.11. The summed E-state index contributed by atoms with van der Waals surface area (Å²) in [4.78, 5) is 2.09. The topological polar surface area (TPSA) is 33.7 Å². The van der Waals surface area contributed by atoms with Crippen LogP contribution in [0.15, 0.2) is 18.2 Å². The second kappa shape index (κ2) is 4.27. The molecule has 0 unspecified atom stereocenters. The predicted octanol–water partition coefficient (Wildman–Crippen LogP) is 2.45. The van der Waals surface area contributed by atoms with E-state index in [2.05, 4.69) is 30.1 Å². The average molecular weight is 278 g/mol. The first-order valence-corrected chi connectivity index (χ1v) is 6.94. The molecule has 102 valence electrons. The van der Waals surface area contributed by atoms with E-state index < -0.39 is 5.72 Å². The van der Waals surface area contributed by atoms with Crippen LogP contribution in [0.1, 0.15) is 31.9 Å². The van der Waals surface area contributed by atoms with E-state index in [0.717, 1.165) is 35.1 Å². The first-order valence-electron chi connectivity index (χ1n) is 6.53. The van der Waals surface area contributed by atoms with Gasteiger partial charge in [0.2, 0.25) is 0 Å². The average Bonchev–Trinajstić information content (AvgIpc) is 2.37. The van der Waals surface area contributed by atoms with Gasteiger partial charge in [-0.25, -0.2) is 0 Å². The van der Waals surface area contributed by atoms with E-state index in [1.807, 2.05) is 12.1 Å². The molecule has 1 aromatic rings. The maximum Gasteiger partial charge on any atom is 0.184 e. The summed E-state index contributed by atoms with van der Waals surface area (Å²) in [5.41, 5.74) is 0.721. The molecule has 2 atom stereocenters. The number of nitrogens with zero attached hydrogens (tertiary/aromatic N) is 1. The molecule has 1 N–H and O–H groups in total. The van der Waals surface area contributed by atoms with Crippen LogP contribution in [0.4, 0.5) is 0 Å². The van der Waals surface area contributed by atoms with Crippen LogP contribution in [0.5, 0.6) is 11.5 Å². The van der Waals surface area contributed by atoms with Gasteiger partial charge in [-0.3, -0.25) is 0 Å². The molecule has 4 nitrogen and oxygen atoms in total. The number of fused-ring (bicyclic) bond motifs is 4. The number of hydrogen-bond donors (Lipinski definition) is 1. The molecule has 0 aromatic heterocycles. The quantitative estimate of drug-likeness (QED) is 0.840. The SMILES string of the molecule is CCN1C(=S)N[C@H]2C[C@@]1(C)Oc1c(OC)cccc12. The minimum Gasteiger partial charge on any atom is -0.493 e. The number of rotatable bonds is 2. The normalized spacial score (nSPS) is 28.3.